The second-order valence-electron chi connectivity index (χ2n) is 11.2. The maximum atomic E-state index is 14.5. The van der Waals surface area contributed by atoms with E-state index in [4.69, 9.17) is 0 Å². The summed E-state index contributed by atoms with van der Waals surface area (Å²) >= 11 is 0. The molecule has 0 aliphatic heterocycles. The van der Waals surface area contributed by atoms with Crippen molar-refractivity contribution in [2.45, 2.75) is 64.1 Å². The second-order valence-corrected chi connectivity index (χ2v) is 13.0. The lowest BCUT2D eigenvalue weighted by Gasteiger charge is -2.34. The molecular formula is C36H41N3O4S. The van der Waals surface area contributed by atoms with Crippen molar-refractivity contribution in [1.82, 2.24) is 10.2 Å². The van der Waals surface area contributed by atoms with Crippen molar-refractivity contribution in [3.05, 3.63) is 131 Å². The molecule has 0 saturated heterocycles. The van der Waals surface area contributed by atoms with Crippen LogP contribution < -0.4 is 9.62 Å². The molecule has 4 rings (SSSR count). The summed E-state index contributed by atoms with van der Waals surface area (Å²) in [6, 6.07) is 31.5. The number of nitrogens with one attached hydrogen (secondary N) is 1. The van der Waals surface area contributed by atoms with Crippen LogP contribution in [0.4, 0.5) is 5.69 Å². The minimum atomic E-state index is -4.12. The van der Waals surface area contributed by atoms with Gasteiger partial charge in [0, 0.05) is 19.0 Å². The number of rotatable bonds is 13. The van der Waals surface area contributed by atoms with E-state index in [0.29, 0.717) is 5.69 Å². The molecule has 2 amide bonds. The third kappa shape index (κ3) is 8.14. The molecule has 0 heterocycles. The molecule has 1 N–H and O–H groups in total. The van der Waals surface area contributed by atoms with Crippen LogP contribution in [0.25, 0.3) is 0 Å². The number of hydrogen-bond donors (Lipinski definition) is 1. The summed E-state index contributed by atoms with van der Waals surface area (Å²) in [6.07, 6.45) is 1.06. The van der Waals surface area contributed by atoms with Crippen molar-refractivity contribution in [2.24, 2.45) is 0 Å². The molecule has 0 fully saturated rings. The summed E-state index contributed by atoms with van der Waals surface area (Å²) in [7, 11) is -4.12. The SMILES string of the molecule is CCc1ccc(N(CC(=O)N(Cc2ccccc2C)[C@H](Cc2ccccc2)C(=O)NC(C)C)S(=O)(=O)c2ccccc2)cc1. The maximum Gasteiger partial charge on any atom is 0.264 e. The van der Waals surface area contributed by atoms with Gasteiger partial charge in [-0.15, -0.1) is 0 Å². The first-order valence-corrected chi connectivity index (χ1v) is 16.4. The van der Waals surface area contributed by atoms with E-state index in [2.05, 4.69) is 5.32 Å². The van der Waals surface area contributed by atoms with E-state index in [-0.39, 0.29) is 29.8 Å². The lowest BCUT2D eigenvalue weighted by Crippen LogP contribution is -2.54. The Morgan fingerprint density at radius 3 is 1.95 bits per heavy atom. The van der Waals surface area contributed by atoms with Crippen LogP contribution in [0, 0.1) is 6.92 Å². The number of amides is 2. The Morgan fingerprint density at radius 1 is 0.773 bits per heavy atom. The molecule has 1 atom stereocenters. The Labute approximate surface area is 261 Å². The van der Waals surface area contributed by atoms with Crippen LogP contribution in [-0.2, 0) is 39.0 Å². The number of hydrogen-bond acceptors (Lipinski definition) is 4. The fraction of sp³-hybridized carbons (Fsp3) is 0.278. The topological polar surface area (TPSA) is 86.8 Å². The third-order valence-electron chi connectivity index (χ3n) is 7.55. The van der Waals surface area contributed by atoms with Gasteiger partial charge in [0.25, 0.3) is 10.0 Å². The van der Waals surface area contributed by atoms with Gasteiger partial charge in [0.2, 0.25) is 11.8 Å². The van der Waals surface area contributed by atoms with E-state index in [1.807, 2.05) is 94.4 Å². The molecule has 4 aromatic rings. The molecule has 4 aromatic carbocycles. The fourth-order valence-corrected chi connectivity index (χ4v) is 6.49. The van der Waals surface area contributed by atoms with Crippen molar-refractivity contribution >= 4 is 27.5 Å². The predicted octanol–water partition coefficient (Wildman–Crippen LogP) is 5.92. The van der Waals surface area contributed by atoms with E-state index < -0.39 is 28.5 Å². The molecule has 0 aromatic heterocycles. The molecule has 0 bridgehead atoms. The van der Waals surface area contributed by atoms with E-state index in [1.54, 1.807) is 30.3 Å². The average molecular weight is 612 g/mol. The minimum absolute atomic E-state index is 0.0798. The Balaban J connectivity index is 1.81. The number of carbonyl (C=O) groups excluding carboxylic acids is 2. The number of benzene rings is 4. The molecule has 44 heavy (non-hydrogen) atoms. The van der Waals surface area contributed by atoms with Gasteiger partial charge in [0.15, 0.2) is 0 Å². The van der Waals surface area contributed by atoms with Gasteiger partial charge in [0.1, 0.15) is 12.6 Å². The summed E-state index contributed by atoms with van der Waals surface area (Å²) < 4.78 is 29.3. The van der Waals surface area contributed by atoms with Gasteiger partial charge < -0.3 is 10.2 Å². The summed E-state index contributed by atoms with van der Waals surface area (Å²) in [4.78, 5) is 29.9. The molecule has 0 radical (unpaired) electrons. The Kier molecular flexibility index (Phi) is 11.0. The third-order valence-corrected chi connectivity index (χ3v) is 9.33. The zero-order chi connectivity index (χ0) is 31.7. The molecular weight excluding hydrogens is 570 g/mol. The lowest BCUT2D eigenvalue weighted by atomic mass is 10.0. The van der Waals surface area contributed by atoms with Crippen molar-refractivity contribution < 1.29 is 18.0 Å². The van der Waals surface area contributed by atoms with Crippen molar-refractivity contribution in [3.8, 4) is 0 Å². The first-order chi connectivity index (χ1) is 21.1. The maximum absolute atomic E-state index is 14.5. The predicted molar refractivity (Wildman–Crippen MR) is 176 cm³/mol. The summed E-state index contributed by atoms with van der Waals surface area (Å²) in [5.74, 6) is -0.775. The molecule has 0 saturated carbocycles. The second kappa shape index (κ2) is 14.8. The van der Waals surface area contributed by atoms with Crippen LogP contribution in [0.15, 0.2) is 114 Å². The highest BCUT2D eigenvalue weighted by Crippen LogP contribution is 2.26. The average Bonchev–Trinajstić information content (AvgIpc) is 3.03. The van der Waals surface area contributed by atoms with Gasteiger partial charge in [-0.05, 0) is 73.7 Å². The zero-order valence-electron chi connectivity index (χ0n) is 25.8. The van der Waals surface area contributed by atoms with Crippen molar-refractivity contribution in [1.29, 1.82) is 0 Å². The van der Waals surface area contributed by atoms with E-state index in [9.17, 15) is 18.0 Å². The van der Waals surface area contributed by atoms with Gasteiger partial charge in [-0.25, -0.2) is 8.42 Å². The molecule has 0 unspecified atom stereocenters. The highest BCUT2D eigenvalue weighted by Gasteiger charge is 2.35. The highest BCUT2D eigenvalue weighted by molar-refractivity contribution is 7.92. The smallest absolute Gasteiger partial charge is 0.264 e. The fourth-order valence-electron chi connectivity index (χ4n) is 5.05. The Morgan fingerprint density at radius 2 is 1.36 bits per heavy atom. The number of nitrogens with zero attached hydrogens (tertiary/aromatic N) is 2. The van der Waals surface area contributed by atoms with Gasteiger partial charge in [-0.3, -0.25) is 13.9 Å². The van der Waals surface area contributed by atoms with E-state index >= 15 is 0 Å². The van der Waals surface area contributed by atoms with Crippen molar-refractivity contribution in [3.63, 3.8) is 0 Å². The standard InChI is InChI=1S/C36H41N3O4S/c1-5-29-20-22-32(23-21-29)39(44(42,43)33-18-10-7-11-19-33)26-35(40)38(25-31-17-13-12-14-28(31)4)34(36(41)37-27(2)3)24-30-15-8-6-9-16-30/h6-23,27,34H,5,24-26H2,1-4H3,(H,37,41)/t34-/m1/s1. The quantitative estimate of drug-likeness (QED) is 0.204. The molecule has 230 valence electrons. The van der Waals surface area contributed by atoms with E-state index in [0.717, 1.165) is 33.0 Å². The summed E-state index contributed by atoms with van der Waals surface area (Å²) in [6.45, 7) is 7.39. The molecule has 7 nitrogen and oxygen atoms in total. The lowest BCUT2D eigenvalue weighted by molar-refractivity contribution is -0.140. The van der Waals surface area contributed by atoms with Gasteiger partial charge in [-0.1, -0.05) is 91.9 Å². The molecule has 0 aliphatic carbocycles. The monoisotopic (exact) mass is 611 g/mol. The zero-order valence-corrected chi connectivity index (χ0v) is 26.6. The van der Waals surface area contributed by atoms with Gasteiger partial charge in [-0.2, -0.15) is 0 Å². The Bertz CT molecular complexity index is 1640. The van der Waals surface area contributed by atoms with Crippen LogP contribution in [-0.4, -0.2) is 43.8 Å². The van der Waals surface area contributed by atoms with Crippen molar-refractivity contribution in [2.75, 3.05) is 10.8 Å². The highest BCUT2D eigenvalue weighted by atomic mass is 32.2. The van der Waals surface area contributed by atoms with Crippen LogP contribution in [0.3, 0.4) is 0 Å². The number of carbonyl (C=O) groups is 2. The van der Waals surface area contributed by atoms with Crippen LogP contribution >= 0.6 is 0 Å². The number of aryl methyl sites for hydroxylation is 2. The minimum Gasteiger partial charge on any atom is -0.352 e. The summed E-state index contributed by atoms with van der Waals surface area (Å²) in [5, 5.41) is 2.99. The summed E-state index contributed by atoms with van der Waals surface area (Å²) in [5.41, 5.74) is 4.16. The number of sulfonamides is 1. The first kappa shape index (κ1) is 32.5. The first-order valence-electron chi connectivity index (χ1n) is 14.9. The van der Waals surface area contributed by atoms with Crippen LogP contribution in [0.5, 0.6) is 0 Å². The largest absolute Gasteiger partial charge is 0.352 e. The van der Waals surface area contributed by atoms with Crippen LogP contribution in [0.2, 0.25) is 0 Å². The molecule has 0 spiro atoms. The Hall–Kier alpha value is -4.43. The van der Waals surface area contributed by atoms with Gasteiger partial charge >= 0.3 is 0 Å². The molecule has 0 aliphatic rings. The van der Waals surface area contributed by atoms with Crippen LogP contribution in [0.1, 0.15) is 43.0 Å². The molecule has 8 heteroatoms. The van der Waals surface area contributed by atoms with Gasteiger partial charge in [0.05, 0.1) is 10.6 Å². The van der Waals surface area contributed by atoms with E-state index in [1.165, 1.54) is 17.0 Å². The number of anilines is 1. The normalized spacial score (nSPS) is 12.0.